The lowest BCUT2D eigenvalue weighted by molar-refractivity contribution is 0.143. The number of nitrogens with zero attached hydrogens (tertiary/aromatic N) is 3. The van der Waals surface area contributed by atoms with Gasteiger partial charge in [-0.15, -0.1) is 0 Å². The van der Waals surface area contributed by atoms with Crippen LogP contribution in [0.25, 0.3) is 11.3 Å². The van der Waals surface area contributed by atoms with Crippen LogP contribution in [0.5, 0.6) is 5.88 Å². The van der Waals surface area contributed by atoms with Crippen LogP contribution < -0.4 is 14.9 Å². The molecule has 3 aromatic rings. The fraction of sp³-hybridized carbons (Fsp3) is 0.182. The van der Waals surface area contributed by atoms with E-state index >= 15 is 0 Å². The first-order valence-electron chi connectivity index (χ1n) is 9.49. The lowest BCUT2D eigenvalue weighted by Gasteiger charge is -2.12. The van der Waals surface area contributed by atoms with E-state index in [1.807, 2.05) is 0 Å². The van der Waals surface area contributed by atoms with Crippen LogP contribution in [0.3, 0.4) is 0 Å². The molecule has 0 aliphatic heterocycles. The maximum Gasteiger partial charge on any atom is 0.237 e. The normalized spacial score (nSPS) is 10.8. The molecule has 11 heteroatoms. The third-order valence-electron chi connectivity index (χ3n) is 4.04. The molecule has 0 aliphatic rings. The summed E-state index contributed by atoms with van der Waals surface area (Å²) in [6.45, 7) is 2.97. The number of pyridine rings is 1. The number of anilines is 1. The van der Waals surface area contributed by atoms with E-state index in [0.29, 0.717) is 16.9 Å². The highest BCUT2D eigenvalue weighted by Gasteiger charge is 2.13. The molecule has 8 nitrogen and oxygen atoms in total. The zero-order chi connectivity index (χ0) is 24.2. The van der Waals surface area contributed by atoms with E-state index < -0.39 is 17.2 Å². The Morgan fingerprint density at radius 2 is 2.00 bits per heavy atom. The summed E-state index contributed by atoms with van der Waals surface area (Å²) in [5, 5.41) is 30.1. The van der Waals surface area contributed by atoms with Crippen molar-refractivity contribution in [2.75, 3.05) is 11.8 Å². The summed E-state index contributed by atoms with van der Waals surface area (Å²) in [7, 11) is 1.43. The average Bonchev–Trinajstić information content (AvgIpc) is 2.76. The van der Waals surface area contributed by atoms with Crippen LogP contribution in [-0.2, 0) is 0 Å². The van der Waals surface area contributed by atoms with Crippen LogP contribution in [0.2, 0.25) is 0 Å². The SMILES string of the molecule is COc1ncc(-c2ccc(=N)n(C(=N)C#CC(C)(C)O)n2)cc1NSc1ccc(F)cc1F. The van der Waals surface area contributed by atoms with Gasteiger partial charge in [0.15, 0.2) is 0 Å². The molecule has 0 spiro atoms. The van der Waals surface area contributed by atoms with E-state index in [1.54, 1.807) is 12.1 Å². The third-order valence-corrected chi connectivity index (χ3v) is 4.91. The lowest BCUT2D eigenvalue weighted by Crippen LogP contribution is -2.28. The summed E-state index contributed by atoms with van der Waals surface area (Å²) in [5.74, 6) is 3.56. The molecule has 0 bridgehead atoms. The minimum atomic E-state index is -1.30. The fourth-order valence-electron chi connectivity index (χ4n) is 2.51. The number of hydrogen-bond acceptors (Lipinski definition) is 8. The van der Waals surface area contributed by atoms with E-state index in [4.69, 9.17) is 15.6 Å². The van der Waals surface area contributed by atoms with Crippen molar-refractivity contribution in [2.24, 2.45) is 0 Å². The maximum absolute atomic E-state index is 13.9. The second-order valence-electron chi connectivity index (χ2n) is 7.23. The number of rotatable bonds is 5. The summed E-state index contributed by atoms with van der Waals surface area (Å²) in [6, 6.07) is 7.93. The quantitative estimate of drug-likeness (QED) is 0.196. The highest BCUT2D eigenvalue weighted by molar-refractivity contribution is 8.00. The van der Waals surface area contributed by atoms with Crippen molar-refractivity contribution in [1.82, 2.24) is 14.8 Å². The first-order valence-corrected chi connectivity index (χ1v) is 10.3. The Bertz CT molecular complexity index is 1320. The second kappa shape index (κ2) is 9.81. The van der Waals surface area contributed by atoms with Crippen LogP contribution in [0.15, 0.2) is 47.5 Å². The molecule has 0 saturated carbocycles. The van der Waals surface area contributed by atoms with Gasteiger partial charge in [0.05, 0.1) is 17.7 Å². The molecule has 3 rings (SSSR count). The van der Waals surface area contributed by atoms with E-state index in [9.17, 15) is 13.9 Å². The minimum Gasteiger partial charge on any atom is -0.480 e. The Balaban J connectivity index is 1.93. The first-order chi connectivity index (χ1) is 15.6. The van der Waals surface area contributed by atoms with Crippen molar-refractivity contribution < 1.29 is 18.6 Å². The smallest absolute Gasteiger partial charge is 0.237 e. The van der Waals surface area contributed by atoms with Crippen molar-refractivity contribution >= 4 is 23.5 Å². The Morgan fingerprint density at radius 3 is 2.67 bits per heavy atom. The van der Waals surface area contributed by atoms with Crippen molar-refractivity contribution in [3.05, 3.63) is 59.7 Å². The van der Waals surface area contributed by atoms with Gasteiger partial charge in [-0.05, 0) is 62.0 Å². The summed E-state index contributed by atoms with van der Waals surface area (Å²) in [4.78, 5) is 4.40. The van der Waals surface area contributed by atoms with Crippen LogP contribution in [0, 0.1) is 34.3 Å². The third kappa shape index (κ3) is 6.15. The van der Waals surface area contributed by atoms with E-state index in [2.05, 4.69) is 26.6 Å². The summed E-state index contributed by atoms with van der Waals surface area (Å²) < 4.78 is 36.3. The molecular formula is C22H20F2N6O2S. The Morgan fingerprint density at radius 1 is 1.24 bits per heavy atom. The van der Waals surface area contributed by atoms with Gasteiger partial charge in [0.2, 0.25) is 11.7 Å². The van der Waals surface area contributed by atoms with Gasteiger partial charge in [-0.2, -0.15) is 9.78 Å². The van der Waals surface area contributed by atoms with Gasteiger partial charge in [0, 0.05) is 17.8 Å². The van der Waals surface area contributed by atoms with Crippen molar-refractivity contribution in [2.45, 2.75) is 24.3 Å². The zero-order valence-corrected chi connectivity index (χ0v) is 18.7. The fourth-order valence-corrected chi connectivity index (χ4v) is 3.17. The molecule has 0 amide bonds. The number of benzene rings is 1. The molecule has 0 radical (unpaired) electrons. The van der Waals surface area contributed by atoms with Crippen LogP contribution >= 0.6 is 11.9 Å². The molecule has 2 heterocycles. The Labute approximate surface area is 192 Å². The predicted molar refractivity (Wildman–Crippen MR) is 121 cm³/mol. The van der Waals surface area contributed by atoms with Gasteiger partial charge in [0.1, 0.15) is 28.4 Å². The number of methoxy groups -OCH3 is 1. The zero-order valence-electron chi connectivity index (χ0n) is 17.9. The maximum atomic E-state index is 13.9. The highest BCUT2D eigenvalue weighted by Crippen LogP contribution is 2.32. The summed E-state index contributed by atoms with van der Waals surface area (Å²) in [6.07, 6.45) is 1.50. The van der Waals surface area contributed by atoms with Gasteiger partial charge in [0.25, 0.3) is 0 Å². The largest absolute Gasteiger partial charge is 0.480 e. The Kier molecular flexibility index (Phi) is 7.10. The second-order valence-corrected chi connectivity index (χ2v) is 8.08. The van der Waals surface area contributed by atoms with Crippen LogP contribution in [0.4, 0.5) is 14.5 Å². The molecule has 0 atom stereocenters. The number of aliphatic hydroxyl groups is 1. The van der Waals surface area contributed by atoms with Crippen LogP contribution in [0.1, 0.15) is 13.8 Å². The van der Waals surface area contributed by atoms with E-state index in [-0.39, 0.29) is 22.1 Å². The highest BCUT2D eigenvalue weighted by atomic mass is 32.2. The average molecular weight is 471 g/mol. The first kappa shape index (κ1) is 23.9. The molecule has 0 aliphatic carbocycles. The van der Waals surface area contributed by atoms with Crippen molar-refractivity contribution in [3.8, 4) is 29.0 Å². The number of halogens is 2. The van der Waals surface area contributed by atoms with E-state index in [1.165, 1.54) is 39.3 Å². The summed E-state index contributed by atoms with van der Waals surface area (Å²) in [5.41, 5.74) is -0.0539. The predicted octanol–water partition coefficient (Wildman–Crippen LogP) is 3.43. The molecule has 2 aromatic heterocycles. The number of hydrogen-bond donors (Lipinski definition) is 4. The Hall–Kier alpha value is -3.75. The number of aromatic nitrogens is 3. The van der Waals surface area contributed by atoms with E-state index in [0.717, 1.165) is 28.8 Å². The van der Waals surface area contributed by atoms with Gasteiger partial charge in [-0.3, -0.25) is 10.8 Å². The number of nitrogens with one attached hydrogen (secondary N) is 3. The molecule has 0 fully saturated rings. The van der Waals surface area contributed by atoms with Gasteiger partial charge < -0.3 is 14.6 Å². The molecule has 33 heavy (non-hydrogen) atoms. The lowest BCUT2D eigenvalue weighted by atomic mass is 10.1. The molecule has 4 N–H and O–H groups in total. The molecular weight excluding hydrogens is 450 g/mol. The summed E-state index contributed by atoms with van der Waals surface area (Å²) >= 11 is 0.918. The topological polar surface area (TPSA) is 120 Å². The van der Waals surface area contributed by atoms with Crippen LogP contribution in [-0.4, -0.2) is 38.4 Å². The molecule has 170 valence electrons. The molecule has 0 saturated heterocycles. The van der Waals surface area contributed by atoms with Crippen molar-refractivity contribution in [1.29, 1.82) is 10.8 Å². The molecule has 0 unspecified atom stereocenters. The number of ether oxygens (including phenoxy) is 1. The van der Waals surface area contributed by atoms with Crippen molar-refractivity contribution in [3.63, 3.8) is 0 Å². The minimum absolute atomic E-state index is 0.0732. The standard InChI is InChI=1S/C22H20F2N6O2S/c1-22(2,31)9-8-20(26)30-19(25)7-5-16(28-30)13-10-17(21(32-3)27-12-13)29-33-18-6-4-14(23)11-15(18)24/h4-7,10-12,25-26,29,31H,1-3H3. The monoisotopic (exact) mass is 470 g/mol. The molecule has 1 aromatic carbocycles. The van der Waals surface area contributed by atoms with Gasteiger partial charge >= 0.3 is 0 Å². The van der Waals surface area contributed by atoms with Gasteiger partial charge in [-0.1, -0.05) is 5.92 Å². The van der Waals surface area contributed by atoms with Gasteiger partial charge in [-0.25, -0.2) is 13.8 Å².